The van der Waals surface area contributed by atoms with Gasteiger partial charge in [0.15, 0.2) is 0 Å². The highest BCUT2D eigenvalue weighted by Crippen LogP contribution is 2.33. The van der Waals surface area contributed by atoms with Crippen LogP contribution in [0, 0.1) is 5.92 Å². The number of amides is 1. The van der Waals surface area contributed by atoms with Crippen LogP contribution >= 0.6 is 11.8 Å². The third-order valence-electron chi connectivity index (χ3n) is 5.01. The maximum atomic E-state index is 11.9. The first-order valence-corrected chi connectivity index (χ1v) is 9.82. The molecule has 3 rings (SSSR count). The second-order valence-corrected chi connectivity index (χ2v) is 8.12. The van der Waals surface area contributed by atoms with Crippen molar-refractivity contribution < 1.29 is 14.3 Å². The van der Waals surface area contributed by atoms with Gasteiger partial charge in [-0.2, -0.15) is 0 Å². The topological polar surface area (TPSA) is 61.6 Å². The summed E-state index contributed by atoms with van der Waals surface area (Å²) >= 11 is 1.92. The van der Waals surface area contributed by atoms with Crippen LogP contribution in [0.1, 0.15) is 43.6 Å². The highest BCUT2D eigenvalue weighted by atomic mass is 32.2. The Morgan fingerprint density at radius 3 is 2.21 bits per heavy atom. The Hall–Kier alpha value is -1.04. The molecular formula is C19H27NO3S. The first kappa shape index (κ1) is 17.8. The Labute approximate surface area is 148 Å². The Kier molecular flexibility index (Phi) is 6.58. The van der Waals surface area contributed by atoms with E-state index in [2.05, 4.69) is 24.3 Å². The van der Waals surface area contributed by atoms with Crippen molar-refractivity contribution in [2.24, 2.45) is 11.7 Å². The van der Waals surface area contributed by atoms with Crippen LogP contribution in [-0.2, 0) is 14.3 Å². The van der Waals surface area contributed by atoms with Crippen molar-refractivity contribution in [3.8, 4) is 0 Å². The molecule has 2 aliphatic heterocycles. The Morgan fingerprint density at radius 2 is 1.62 bits per heavy atom. The quantitative estimate of drug-likeness (QED) is 0.855. The molecule has 1 amide bonds. The van der Waals surface area contributed by atoms with Gasteiger partial charge in [-0.1, -0.05) is 12.1 Å². The van der Waals surface area contributed by atoms with E-state index in [-0.39, 0.29) is 11.8 Å². The molecule has 2 fully saturated rings. The van der Waals surface area contributed by atoms with E-state index in [0.29, 0.717) is 11.2 Å². The van der Waals surface area contributed by atoms with Crippen molar-refractivity contribution in [1.29, 1.82) is 0 Å². The zero-order valence-corrected chi connectivity index (χ0v) is 14.9. The SMILES string of the molecule is NC(=O)C(CC1CCOCC1)c1ccc(SC2CCOCC2)cc1. The molecule has 1 atom stereocenters. The Bertz CT molecular complexity index is 522. The molecule has 0 saturated carbocycles. The van der Waals surface area contributed by atoms with Crippen LogP contribution in [0.25, 0.3) is 0 Å². The van der Waals surface area contributed by atoms with Crippen molar-refractivity contribution in [1.82, 2.24) is 0 Å². The minimum absolute atomic E-state index is 0.185. The molecule has 2 saturated heterocycles. The number of primary amides is 1. The summed E-state index contributed by atoms with van der Waals surface area (Å²) in [6.45, 7) is 3.34. The van der Waals surface area contributed by atoms with Gasteiger partial charge in [-0.25, -0.2) is 0 Å². The van der Waals surface area contributed by atoms with E-state index in [1.807, 2.05) is 11.8 Å². The summed E-state index contributed by atoms with van der Waals surface area (Å²) in [4.78, 5) is 13.2. The first-order valence-electron chi connectivity index (χ1n) is 8.94. The van der Waals surface area contributed by atoms with Crippen LogP contribution in [0.2, 0.25) is 0 Å². The van der Waals surface area contributed by atoms with E-state index in [1.54, 1.807) is 0 Å². The number of carbonyl (C=O) groups is 1. The van der Waals surface area contributed by atoms with Crippen molar-refractivity contribution in [3.63, 3.8) is 0 Å². The molecule has 0 bridgehead atoms. The fourth-order valence-electron chi connectivity index (χ4n) is 3.50. The van der Waals surface area contributed by atoms with Crippen LogP contribution in [0.3, 0.4) is 0 Å². The maximum absolute atomic E-state index is 11.9. The average Bonchev–Trinajstić information content (AvgIpc) is 2.62. The minimum atomic E-state index is -0.216. The number of thioether (sulfide) groups is 1. The van der Waals surface area contributed by atoms with Crippen molar-refractivity contribution in [2.75, 3.05) is 26.4 Å². The lowest BCUT2D eigenvalue weighted by atomic mass is 9.85. The van der Waals surface area contributed by atoms with E-state index in [9.17, 15) is 4.79 Å². The van der Waals surface area contributed by atoms with E-state index in [0.717, 1.165) is 64.1 Å². The van der Waals surface area contributed by atoms with Gasteiger partial charge in [-0.15, -0.1) is 11.8 Å². The number of ether oxygens (including phenoxy) is 2. The molecule has 132 valence electrons. The van der Waals surface area contributed by atoms with Gasteiger partial charge in [-0.3, -0.25) is 4.79 Å². The summed E-state index contributed by atoms with van der Waals surface area (Å²) in [5, 5.41) is 0.638. The summed E-state index contributed by atoms with van der Waals surface area (Å²) in [6, 6.07) is 8.43. The molecule has 24 heavy (non-hydrogen) atoms. The van der Waals surface area contributed by atoms with E-state index in [4.69, 9.17) is 15.2 Å². The molecule has 2 aliphatic rings. The van der Waals surface area contributed by atoms with Gasteiger partial charge >= 0.3 is 0 Å². The van der Waals surface area contributed by atoms with Crippen LogP contribution < -0.4 is 5.73 Å². The number of nitrogens with two attached hydrogens (primary N) is 1. The van der Waals surface area contributed by atoms with E-state index < -0.39 is 0 Å². The summed E-state index contributed by atoms with van der Waals surface area (Å²) in [7, 11) is 0. The third-order valence-corrected chi connectivity index (χ3v) is 6.36. The molecule has 2 heterocycles. The fourth-order valence-corrected chi connectivity index (χ4v) is 4.60. The standard InChI is InChI=1S/C19H27NO3S/c20-19(21)18(13-14-5-9-22-10-6-14)15-1-3-16(4-2-15)24-17-7-11-23-12-8-17/h1-4,14,17-18H,5-13H2,(H2,20,21). The molecular weight excluding hydrogens is 322 g/mol. The Morgan fingerprint density at radius 1 is 1.04 bits per heavy atom. The largest absolute Gasteiger partial charge is 0.381 e. The second-order valence-electron chi connectivity index (χ2n) is 6.75. The monoisotopic (exact) mass is 349 g/mol. The molecule has 1 aromatic rings. The van der Waals surface area contributed by atoms with Crippen LogP contribution in [0.4, 0.5) is 0 Å². The lowest BCUT2D eigenvalue weighted by molar-refractivity contribution is -0.120. The summed E-state index contributed by atoms with van der Waals surface area (Å²) in [6.07, 6.45) is 5.12. The third kappa shape index (κ3) is 4.98. The van der Waals surface area contributed by atoms with Crippen molar-refractivity contribution >= 4 is 17.7 Å². The zero-order valence-electron chi connectivity index (χ0n) is 14.1. The Balaban J connectivity index is 1.61. The summed E-state index contributed by atoms with van der Waals surface area (Å²) in [5.41, 5.74) is 6.73. The van der Waals surface area contributed by atoms with Gasteiger partial charge in [0.1, 0.15) is 0 Å². The van der Waals surface area contributed by atoms with Gasteiger partial charge in [0.05, 0.1) is 5.92 Å². The van der Waals surface area contributed by atoms with Crippen LogP contribution in [-0.4, -0.2) is 37.6 Å². The van der Waals surface area contributed by atoms with Gasteiger partial charge in [0.2, 0.25) is 5.91 Å². The molecule has 0 radical (unpaired) electrons. The molecule has 4 nitrogen and oxygen atoms in total. The normalized spacial score (nSPS) is 21.5. The number of carbonyl (C=O) groups excluding carboxylic acids is 1. The van der Waals surface area contributed by atoms with Gasteiger partial charge in [0, 0.05) is 36.6 Å². The minimum Gasteiger partial charge on any atom is -0.381 e. The van der Waals surface area contributed by atoms with Crippen molar-refractivity contribution in [3.05, 3.63) is 29.8 Å². The summed E-state index contributed by atoms with van der Waals surface area (Å²) < 4.78 is 10.8. The molecule has 2 N–H and O–H groups in total. The van der Waals surface area contributed by atoms with Crippen molar-refractivity contribution in [2.45, 2.75) is 48.2 Å². The van der Waals surface area contributed by atoms with Crippen LogP contribution in [0.5, 0.6) is 0 Å². The van der Waals surface area contributed by atoms with E-state index >= 15 is 0 Å². The van der Waals surface area contributed by atoms with Crippen LogP contribution in [0.15, 0.2) is 29.2 Å². The lowest BCUT2D eigenvalue weighted by Crippen LogP contribution is -2.26. The molecule has 0 aliphatic carbocycles. The number of hydrogen-bond donors (Lipinski definition) is 1. The van der Waals surface area contributed by atoms with Gasteiger partial charge in [0.25, 0.3) is 0 Å². The molecule has 5 heteroatoms. The zero-order chi connectivity index (χ0) is 16.8. The van der Waals surface area contributed by atoms with Gasteiger partial charge in [-0.05, 0) is 55.7 Å². The number of benzene rings is 1. The smallest absolute Gasteiger partial charge is 0.224 e. The molecule has 0 aromatic heterocycles. The lowest BCUT2D eigenvalue weighted by Gasteiger charge is -2.25. The average molecular weight is 349 g/mol. The van der Waals surface area contributed by atoms with Gasteiger partial charge < -0.3 is 15.2 Å². The van der Waals surface area contributed by atoms with E-state index in [1.165, 1.54) is 4.90 Å². The second kappa shape index (κ2) is 8.88. The molecule has 0 spiro atoms. The number of rotatable bonds is 6. The predicted octanol–water partition coefficient (Wildman–Crippen LogP) is 3.34. The first-order chi connectivity index (χ1) is 11.7. The maximum Gasteiger partial charge on any atom is 0.224 e. The highest BCUT2D eigenvalue weighted by molar-refractivity contribution is 8.00. The number of hydrogen-bond acceptors (Lipinski definition) is 4. The fraction of sp³-hybridized carbons (Fsp3) is 0.632. The molecule has 1 unspecified atom stereocenters. The highest BCUT2D eigenvalue weighted by Gasteiger charge is 2.24. The predicted molar refractivity (Wildman–Crippen MR) is 96.2 cm³/mol. The molecule has 1 aromatic carbocycles. The summed E-state index contributed by atoms with van der Waals surface area (Å²) in [5.74, 6) is 0.133.